The van der Waals surface area contributed by atoms with Crippen molar-refractivity contribution in [2.24, 2.45) is 11.0 Å². The highest BCUT2D eigenvalue weighted by atomic mass is 35.5. The van der Waals surface area contributed by atoms with Crippen LogP contribution in [0.2, 0.25) is 5.02 Å². The zero-order valence-electron chi connectivity index (χ0n) is 15.8. The summed E-state index contributed by atoms with van der Waals surface area (Å²) in [6.45, 7) is 4.55. The van der Waals surface area contributed by atoms with Crippen molar-refractivity contribution in [2.75, 3.05) is 0 Å². The molecule has 1 N–H and O–H groups in total. The number of hydrogen-bond donors (Lipinski definition) is 1. The largest absolute Gasteiger partial charge is 0.489 e. The van der Waals surface area contributed by atoms with Gasteiger partial charge in [-0.1, -0.05) is 37.1 Å². The van der Waals surface area contributed by atoms with Crippen molar-refractivity contribution in [1.82, 2.24) is 5.43 Å². The lowest BCUT2D eigenvalue weighted by Crippen LogP contribution is -2.24. The quantitative estimate of drug-likeness (QED) is 0.689. The number of ether oxygens (including phenoxy) is 1. The van der Waals surface area contributed by atoms with Gasteiger partial charge < -0.3 is 4.74 Å². The van der Waals surface area contributed by atoms with Gasteiger partial charge in [0.1, 0.15) is 12.4 Å². The number of aryl methyl sites for hydroxylation is 1. The number of halogens is 1. The molecule has 1 fully saturated rings. The molecular weight excluding hydrogens is 360 g/mol. The van der Waals surface area contributed by atoms with Crippen LogP contribution in [0.1, 0.15) is 54.1 Å². The average molecular weight is 385 g/mol. The normalized spacial score (nSPS) is 18.3. The molecule has 1 aliphatic carbocycles. The first kappa shape index (κ1) is 19.4. The third kappa shape index (κ3) is 5.33. The predicted octanol–water partition coefficient (Wildman–Crippen LogP) is 5.52. The summed E-state index contributed by atoms with van der Waals surface area (Å²) >= 11 is 6.03. The van der Waals surface area contributed by atoms with Crippen molar-refractivity contribution in [1.29, 1.82) is 0 Å². The maximum atomic E-state index is 12.3. The molecule has 0 saturated heterocycles. The van der Waals surface area contributed by atoms with Crippen LogP contribution in [-0.2, 0) is 6.61 Å². The van der Waals surface area contributed by atoms with Crippen LogP contribution in [0.4, 0.5) is 0 Å². The van der Waals surface area contributed by atoms with Crippen molar-refractivity contribution in [3.63, 3.8) is 0 Å². The maximum absolute atomic E-state index is 12.3. The molecule has 0 spiro atoms. The van der Waals surface area contributed by atoms with E-state index in [4.69, 9.17) is 16.3 Å². The van der Waals surface area contributed by atoms with Crippen LogP contribution in [0, 0.1) is 12.8 Å². The van der Waals surface area contributed by atoms with E-state index in [1.165, 1.54) is 6.42 Å². The molecule has 0 unspecified atom stereocenters. The van der Waals surface area contributed by atoms with E-state index in [0.717, 1.165) is 46.9 Å². The molecule has 142 valence electrons. The van der Waals surface area contributed by atoms with Gasteiger partial charge in [0, 0.05) is 16.3 Å². The highest BCUT2D eigenvalue weighted by Gasteiger charge is 2.16. The fourth-order valence-electron chi connectivity index (χ4n) is 3.15. The van der Waals surface area contributed by atoms with E-state index in [1.807, 2.05) is 37.3 Å². The minimum absolute atomic E-state index is 0.180. The Bertz CT molecular complexity index is 831. The van der Waals surface area contributed by atoms with Gasteiger partial charge in [-0.15, -0.1) is 0 Å². The van der Waals surface area contributed by atoms with Gasteiger partial charge in [0.2, 0.25) is 0 Å². The van der Waals surface area contributed by atoms with E-state index >= 15 is 0 Å². The van der Waals surface area contributed by atoms with E-state index in [-0.39, 0.29) is 5.91 Å². The number of nitrogens with zero attached hydrogens (tertiary/aromatic N) is 1. The van der Waals surface area contributed by atoms with Crippen LogP contribution in [-0.4, -0.2) is 11.6 Å². The number of amides is 1. The van der Waals surface area contributed by atoms with Gasteiger partial charge in [0.05, 0.1) is 0 Å². The summed E-state index contributed by atoms with van der Waals surface area (Å²) in [5, 5.41) is 5.06. The Morgan fingerprint density at radius 1 is 1.22 bits per heavy atom. The molecule has 3 rings (SSSR count). The maximum Gasteiger partial charge on any atom is 0.271 e. The minimum atomic E-state index is -0.180. The zero-order valence-corrected chi connectivity index (χ0v) is 16.6. The summed E-state index contributed by atoms with van der Waals surface area (Å²) in [5.74, 6) is 1.05. The van der Waals surface area contributed by atoms with Crippen molar-refractivity contribution < 1.29 is 9.53 Å². The van der Waals surface area contributed by atoms with Gasteiger partial charge in [0.15, 0.2) is 0 Å². The van der Waals surface area contributed by atoms with E-state index in [9.17, 15) is 4.79 Å². The number of benzene rings is 2. The van der Waals surface area contributed by atoms with Gasteiger partial charge in [-0.05, 0) is 73.6 Å². The number of rotatable bonds is 5. The van der Waals surface area contributed by atoms with E-state index in [0.29, 0.717) is 18.1 Å². The fourth-order valence-corrected chi connectivity index (χ4v) is 3.27. The molecular formula is C22H25ClN2O2. The van der Waals surface area contributed by atoms with Crippen LogP contribution >= 0.6 is 11.6 Å². The van der Waals surface area contributed by atoms with Crippen molar-refractivity contribution in [3.05, 3.63) is 64.2 Å². The van der Waals surface area contributed by atoms with Crippen molar-refractivity contribution in [2.45, 2.75) is 46.1 Å². The van der Waals surface area contributed by atoms with Crippen LogP contribution in [0.15, 0.2) is 47.6 Å². The molecule has 1 saturated carbocycles. The number of nitrogens with one attached hydrogen (secondary N) is 1. The molecule has 5 heteroatoms. The molecule has 0 aromatic heterocycles. The second-order valence-electron chi connectivity index (χ2n) is 7.09. The molecule has 2 aromatic carbocycles. The highest BCUT2D eigenvalue weighted by Crippen LogP contribution is 2.22. The summed E-state index contributed by atoms with van der Waals surface area (Å²) in [4.78, 5) is 12.3. The molecule has 1 amide bonds. The number of hydrazone groups is 1. The molecule has 0 heterocycles. The van der Waals surface area contributed by atoms with Gasteiger partial charge >= 0.3 is 0 Å². The summed E-state index contributed by atoms with van der Waals surface area (Å²) in [6, 6.07) is 13.0. The van der Waals surface area contributed by atoms with Crippen LogP contribution in [0.3, 0.4) is 0 Å². The Hall–Kier alpha value is -2.33. The average Bonchev–Trinajstić information content (AvgIpc) is 2.68. The zero-order chi connectivity index (χ0) is 19.2. The first-order chi connectivity index (χ1) is 13.0. The number of carbonyl (C=O) groups excluding carboxylic acids is 1. The molecule has 1 atom stereocenters. The van der Waals surface area contributed by atoms with Crippen LogP contribution in [0.25, 0.3) is 0 Å². The predicted molar refractivity (Wildman–Crippen MR) is 109 cm³/mol. The lowest BCUT2D eigenvalue weighted by Gasteiger charge is -2.19. The molecule has 0 bridgehead atoms. The summed E-state index contributed by atoms with van der Waals surface area (Å²) < 4.78 is 5.79. The van der Waals surface area contributed by atoms with Crippen LogP contribution < -0.4 is 10.2 Å². The number of carbonyl (C=O) groups is 1. The van der Waals surface area contributed by atoms with Gasteiger partial charge in [-0.3, -0.25) is 4.79 Å². The monoisotopic (exact) mass is 384 g/mol. The molecule has 0 aliphatic heterocycles. The summed E-state index contributed by atoms with van der Waals surface area (Å²) in [7, 11) is 0. The Labute approximate surface area is 165 Å². The molecule has 2 aromatic rings. The van der Waals surface area contributed by atoms with E-state index in [1.54, 1.807) is 12.1 Å². The molecule has 4 nitrogen and oxygen atoms in total. The SMILES string of the molecule is Cc1cc(OCc2ccc(C(=O)N/N=C3/CCCC[C@@H]3C)cc2)ccc1Cl. The second kappa shape index (κ2) is 9.05. The lowest BCUT2D eigenvalue weighted by atomic mass is 9.89. The number of hydrogen-bond acceptors (Lipinski definition) is 3. The van der Waals surface area contributed by atoms with Crippen molar-refractivity contribution in [3.8, 4) is 5.75 Å². The Kier molecular flexibility index (Phi) is 6.51. The van der Waals surface area contributed by atoms with E-state index in [2.05, 4.69) is 17.5 Å². The van der Waals surface area contributed by atoms with Gasteiger partial charge in [0.25, 0.3) is 5.91 Å². The Morgan fingerprint density at radius 2 is 2.00 bits per heavy atom. The highest BCUT2D eigenvalue weighted by molar-refractivity contribution is 6.31. The molecule has 0 radical (unpaired) electrons. The second-order valence-corrected chi connectivity index (χ2v) is 7.49. The van der Waals surface area contributed by atoms with Gasteiger partial charge in [-0.2, -0.15) is 5.10 Å². The smallest absolute Gasteiger partial charge is 0.271 e. The Morgan fingerprint density at radius 3 is 2.70 bits per heavy atom. The summed E-state index contributed by atoms with van der Waals surface area (Å²) in [5.41, 5.74) is 6.35. The minimum Gasteiger partial charge on any atom is -0.489 e. The molecule has 1 aliphatic rings. The lowest BCUT2D eigenvalue weighted by molar-refractivity contribution is 0.0954. The Balaban J connectivity index is 1.55. The first-order valence-corrected chi connectivity index (χ1v) is 9.75. The van der Waals surface area contributed by atoms with Crippen molar-refractivity contribution >= 4 is 23.2 Å². The van der Waals surface area contributed by atoms with Gasteiger partial charge in [-0.25, -0.2) is 5.43 Å². The first-order valence-electron chi connectivity index (χ1n) is 9.37. The summed E-state index contributed by atoms with van der Waals surface area (Å²) in [6.07, 6.45) is 4.52. The standard InChI is InChI=1S/C22H25ClN2O2/c1-15-5-3-4-6-21(15)24-25-22(26)18-9-7-17(8-10-18)14-27-19-11-12-20(23)16(2)13-19/h7-13,15H,3-6,14H2,1-2H3,(H,25,26)/b24-21-/t15-/m0/s1. The third-order valence-electron chi connectivity index (χ3n) is 4.94. The molecule has 27 heavy (non-hydrogen) atoms. The van der Waals surface area contributed by atoms with E-state index < -0.39 is 0 Å². The fraction of sp³-hybridized carbons (Fsp3) is 0.364. The topological polar surface area (TPSA) is 50.7 Å². The van der Waals surface area contributed by atoms with Crippen LogP contribution in [0.5, 0.6) is 5.75 Å². The third-order valence-corrected chi connectivity index (χ3v) is 5.37.